The number of carbonyl (C=O) groups excluding carboxylic acids is 1. The molecule has 1 N–H and O–H groups in total. The lowest BCUT2D eigenvalue weighted by molar-refractivity contribution is -0.117. The standard InChI is InChI=1S/C18H19ClFN5O2/c1-24(2)18-23-15(10-12(11-21)17(26)22-8-9-27-3)16(19)25(18)14-6-4-13(20)5-7-14/h4-7,10H,8-9H2,1-3H3,(H,22,26)/b12-10+. The Morgan fingerprint density at radius 1 is 1.44 bits per heavy atom. The summed E-state index contributed by atoms with van der Waals surface area (Å²) in [6.45, 7) is 0.601. The number of carbonyl (C=O) groups is 1. The summed E-state index contributed by atoms with van der Waals surface area (Å²) in [4.78, 5) is 18.2. The molecule has 0 radical (unpaired) electrons. The number of methoxy groups -OCH3 is 1. The van der Waals surface area contributed by atoms with E-state index in [4.69, 9.17) is 16.3 Å². The summed E-state index contributed by atoms with van der Waals surface area (Å²) in [5.41, 5.74) is 0.713. The maximum Gasteiger partial charge on any atom is 0.262 e. The van der Waals surface area contributed by atoms with Crippen LogP contribution >= 0.6 is 11.6 Å². The van der Waals surface area contributed by atoms with Gasteiger partial charge in [0.25, 0.3) is 5.91 Å². The molecular formula is C18H19ClFN5O2. The highest BCUT2D eigenvalue weighted by Crippen LogP contribution is 2.29. The Labute approximate surface area is 161 Å². The topological polar surface area (TPSA) is 83.2 Å². The molecule has 0 saturated heterocycles. The van der Waals surface area contributed by atoms with Crippen molar-refractivity contribution in [2.24, 2.45) is 0 Å². The van der Waals surface area contributed by atoms with Crippen molar-refractivity contribution in [1.29, 1.82) is 5.26 Å². The minimum Gasteiger partial charge on any atom is -0.383 e. The van der Waals surface area contributed by atoms with Gasteiger partial charge in [0.05, 0.1) is 12.3 Å². The molecule has 27 heavy (non-hydrogen) atoms. The Bertz CT molecular complexity index is 884. The van der Waals surface area contributed by atoms with Crippen molar-refractivity contribution >= 4 is 29.5 Å². The molecule has 0 bridgehead atoms. The number of ether oxygens (including phenoxy) is 1. The summed E-state index contributed by atoms with van der Waals surface area (Å²) in [6.07, 6.45) is 1.32. The number of hydrogen-bond donors (Lipinski definition) is 1. The third-order valence-electron chi connectivity index (χ3n) is 3.55. The first-order chi connectivity index (χ1) is 12.9. The fraction of sp³-hybridized carbons (Fsp3) is 0.278. The van der Waals surface area contributed by atoms with Crippen LogP contribution in [0, 0.1) is 17.1 Å². The molecule has 0 spiro atoms. The van der Waals surface area contributed by atoms with E-state index < -0.39 is 5.91 Å². The summed E-state index contributed by atoms with van der Waals surface area (Å²) >= 11 is 6.45. The molecular weight excluding hydrogens is 373 g/mol. The largest absolute Gasteiger partial charge is 0.383 e. The van der Waals surface area contributed by atoms with Gasteiger partial charge in [-0.2, -0.15) is 5.26 Å². The van der Waals surface area contributed by atoms with E-state index in [1.165, 1.54) is 25.3 Å². The minimum absolute atomic E-state index is 0.137. The SMILES string of the molecule is COCCNC(=O)/C(C#N)=C/c1nc(N(C)C)n(-c2ccc(F)cc2)c1Cl. The molecule has 1 aromatic carbocycles. The monoisotopic (exact) mass is 391 g/mol. The van der Waals surface area contributed by atoms with Gasteiger partial charge in [0.1, 0.15) is 28.3 Å². The second kappa shape index (κ2) is 9.16. The minimum atomic E-state index is -0.548. The van der Waals surface area contributed by atoms with E-state index >= 15 is 0 Å². The second-order valence-corrected chi connectivity index (χ2v) is 6.07. The summed E-state index contributed by atoms with van der Waals surface area (Å²) in [7, 11) is 5.06. The van der Waals surface area contributed by atoms with Crippen LogP contribution in [0.2, 0.25) is 5.15 Å². The first kappa shape index (κ1) is 20.4. The zero-order valence-corrected chi connectivity index (χ0v) is 15.9. The quantitative estimate of drug-likeness (QED) is 0.445. The molecule has 9 heteroatoms. The van der Waals surface area contributed by atoms with Gasteiger partial charge in [-0.1, -0.05) is 11.6 Å². The number of amides is 1. The molecule has 2 aromatic rings. The van der Waals surface area contributed by atoms with Gasteiger partial charge in [0.15, 0.2) is 0 Å². The van der Waals surface area contributed by atoms with Gasteiger partial charge in [-0.3, -0.25) is 9.36 Å². The lowest BCUT2D eigenvalue weighted by Crippen LogP contribution is -2.27. The third kappa shape index (κ3) is 4.84. The second-order valence-electron chi connectivity index (χ2n) is 5.71. The van der Waals surface area contributed by atoms with Crippen LogP contribution in [-0.4, -0.2) is 49.8 Å². The molecule has 0 fully saturated rings. The zero-order chi connectivity index (χ0) is 20.0. The lowest BCUT2D eigenvalue weighted by Gasteiger charge is -2.14. The molecule has 0 atom stereocenters. The van der Waals surface area contributed by atoms with E-state index in [2.05, 4.69) is 10.3 Å². The van der Waals surface area contributed by atoms with Crippen molar-refractivity contribution < 1.29 is 13.9 Å². The maximum absolute atomic E-state index is 13.2. The van der Waals surface area contributed by atoms with Gasteiger partial charge in [-0.05, 0) is 30.3 Å². The molecule has 1 heterocycles. The summed E-state index contributed by atoms with van der Waals surface area (Å²) in [5.74, 6) is -0.454. The summed E-state index contributed by atoms with van der Waals surface area (Å²) < 4.78 is 19.7. The molecule has 1 amide bonds. The molecule has 0 aliphatic carbocycles. The van der Waals surface area contributed by atoms with Gasteiger partial charge in [0.2, 0.25) is 5.95 Å². The predicted octanol–water partition coefficient (Wildman–Crippen LogP) is 2.40. The number of anilines is 1. The Hall–Kier alpha value is -2.89. The number of hydrogen-bond acceptors (Lipinski definition) is 5. The zero-order valence-electron chi connectivity index (χ0n) is 15.2. The van der Waals surface area contributed by atoms with Crippen LogP contribution < -0.4 is 10.2 Å². The molecule has 0 aliphatic heterocycles. The number of imidazole rings is 1. The summed E-state index contributed by atoms with van der Waals surface area (Å²) in [6, 6.07) is 7.59. The molecule has 1 aromatic heterocycles. The lowest BCUT2D eigenvalue weighted by atomic mass is 10.2. The highest BCUT2D eigenvalue weighted by molar-refractivity contribution is 6.31. The van der Waals surface area contributed by atoms with Crippen molar-refractivity contribution in [1.82, 2.24) is 14.9 Å². The number of nitriles is 1. The van der Waals surface area contributed by atoms with Crippen molar-refractivity contribution in [3.63, 3.8) is 0 Å². The fourth-order valence-corrected chi connectivity index (χ4v) is 2.53. The van der Waals surface area contributed by atoms with Crippen LogP contribution in [0.4, 0.5) is 10.3 Å². The third-order valence-corrected chi connectivity index (χ3v) is 3.91. The van der Waals surface area contributed by atoms with E-state index in [1.54, 1.807) is 35.7 Å². The Balaban J connectivity index is 2.45. The van der Waals surface area contributed by atoms with Gasteiger partial charge >= 0.3 is 0 Å². The Morgan fingerprint density at radius 2 is 2.11 bits per heavy atom. The number of halogens is 2. The first-order valence-electron chi connectivity index (χ1n) is 7.99. The molecule has 2 rings (SSSR count). The van der Waals surface area contributed by atoms with E-state index in [-0.39, 0.29) is 28.8 Å². The van der Waals surface area contributed by atoms with Crippen LogP contribution in [-0.2, 0) is 9.53 Å². The van der Waals surface area contributed by atoms with Crippen molar-refractivity contribution in [3.05, 3.63) is 46.5 Å². The van der Waals surface area contributed by atoms with Gasteiger partial charge in [0, 0.05) is 27.7 Å². The number of benzene rings is 1. The smallest absolute Gasteiger partial charge is 0.262 e. The highest BCUT2D eigenvalue weighted by Gasteiger charge is 2.19. The van der Waals surface area contributed by atoms with Crippen molar-refractivity contribution in [2.45, 2.75) is 0 Å². The normalized spacial score (nSPS) is 11.2. The van der Waals surface area contributed by atoms with Crippen LogP contribution in [0.1, 0.15) is 5.69 Å². The predicted molar refractivity (Wildman–Crippen MR) is 101 cm³/mol. The van der Waals surface area contributed by atoms with E-state index in [9.17, 15) is 14.4 Å². The average Bonchev–Trinajstić information content (AvgIpc) is 2.97. The number of rotatable bonds is 7. The van der Waals surface area contributed by atoms with E-state index in [0.29, 0.717) is 18.2 Å². The van der Waals surface area contributed by atoms with Gasteiger partial charge in [-0.25, -0.2) is 9.37 Å². The van der Waals surface area contributed by atoms with E-state index in [0.717, 1.165) is 0 Å². The summed E-state index contributed by atoms with van der Waals surface area (Å²) in [5, 5.41) is 12.1. The van der Waals surface area contributed by atoms with Gasteiger partial charge in [-0.15, -0.1) is 0 Å². The average molecular weight is 392 g/mol. The van der Waals surface area contributed by atoms with Crippen molar-refractivity contribution in [2.75, 3.05) is 39.3 Å². The Morgan fingerprint density at radius 3 is 2.67 bits per heavy atom. The van der Waals surface area contributed by atoms with Crippen LogP contribution in [0.3, 0.4) is 0 Å². The molecule has 0 aliphatic rings. The van der Waals surface area contributed by atoms with Crippen LogP contribution in [0.25, 0.3) is 11.8 Å². The molecule has 7 nitrogen and oxygen atoms in total. The van der Waals surface area contributed by atoms with E-state index in [1.807, 2.05) is 6.07 Å². The maximum atomic E-state index is 13.2. The fourth-order valence-electron chi connectivity index (χ4n) is 2.26. The molecule has 0 saturated carbocycles. The first-order valence-corrected chi connectivity index (χ1v) is 8.37. The number of aromatic nitrogens is 2. The highest BCUT2D eigenvalue weighted by atomic mass is 35.5. The Kier molecular flexibility index (Phi) is 6.93. The van der Waals surface area contributed by atoms with Crippen LogP contribution in [0.5, 0.6) is 0 Å². The van der Waals surface area contributed by atoms with Crippen LogP contribution in [0.15, 0.2) is 29.8 Å². The number of nitrogens with zero attached hydrogens (tertiary/aromatic N) is 4. The van der Waals surface area contributed by atoms with Gasteiger partial charge < -0.3 is 15.0 Å². The molecule has 142 valence electrons. The number of nitrogens with one attached hydrogen (secondary N) is 1. The molecule has 0 unspecified atom stereocenters. The van der Waals surface area contributed by atoms with Crippen molar-refractivity contribution in [3.8, 4) is 11.8 Å².